The molecule has 36 heavy (non-hydrogen) atoms. The van der Waals surface area contributed by atoms with Gasteiger partial charge in [0.1, 0.15) is 17.6 Å². The first-order chi connectivity index (χ1) is 17.2. The number of carboxylic acids is 1. The Hall–Kier alpha value is -4.13. The van der Waals surface area contributed by atoms with E-state index in [4.69, 9.17) is 4.74 Å². The van der Waals surface area contributed by atoms with Crippen molar-refractivity contribution in [2.45, 2.75) is 25.3 Å². The number of aromatic amines is 1. The summed E-state index contributed by atoms with van der Waals surface area (Å²) in [6, 6.07) is 6.65. The Morgan fingerprint density at radius 2 is 2.03 bits per heavy atom. The summed E-state index contributed by atoms with van der Waals surface area (Å²) in [5.41, 5.74) is 2.24. The quantitative estimate of drug-likeness (QED) is 0.487. The molecule has 1 aromatic carbocycles. The monoisotopic (exact) mass is 502 g/mol. The summed E-state index contributed by atoms with van der Waals surface area (Å²) in [4.78, 5) is 30.9. The Kier molecular flexibility index (Phi) is 6.00. The number of rotatable bonds is 5. The molecular weight excluding hydrogens is 481 g/mol. The minimum atomic E-state index is -4.49. The Morgan fingerprint density at radius 3 is 2.75 bits per heavy atom. The summed E-state index contributed by atoms with van der Waals surface area (Å²) in [5, 5.41) is 19.6. The van der Waals surface area contributed by atoms with E-state index in [1.54, 1.807) is 28.1 Å². The van der Waals surface area contributed by atoms with Gasteiger partial charge in [-0.1, -0.05) is 0 Å². The molecular formula is C23H21F3N6O4. The van der Waals surface area contributed by atoms with E-state index in [2.05, 4.69) is 20.5 Å². The number of carbonyl (C=O) groups is 2. The van der Waals surface area contributed by atoms with Crippen LogP contribution in [0.25, 0.3) is 11.3 Å². The lowest BCUT2D eigenvalue weighted by atomic mass is 10.0. The molecule has 1 fully saturated rings. The largest absolute Gasteiger partial charge is 0.480 e. The standard InChI is InChI=1S/C23H21F3N6O4/c24-23(25,26)16-2-4-19(27-10-16)32-6-5-31(17(12-32)21(33)34)11-15-9-29-30-20(15)13-1-3-18-14(7-13)8-28-22(35)36-18/h1-4,7,9-10,17H,5-6,8,11-12H2,(H,28,35)(H,29,30)(H,33,34). The fourth-order valence-corrected chi connectivity index (χ4v) is 4.37. The number of piperazine rings is 1. The van der Waals surface area contributed by atoms with Gasteiger partial charge in [0.15, 0.2) is 0 Å². The number of ether oxygens (including phenoxy) is 1. The molecule has 0 bridgehead atoms. The zero-order valence-corrected chi connectivity index (χ0v) is 18.7. The van der Waals surface area contributed by atoms with Gasteiger partial charge in [0.2, 0.25) is 0 Å². The molecule has 2 aliphatic heterocycles. The third-order valence-electron chi connectivity index (χ3n) is 6.24. The van der Waals surface area contributed by atoms with Crippen molar-refractivity contribution in [1.29, 1.82) is 0 Å². The number of amides is 1. The van der Waals surface area contributed by atoms with Gasteiger partial charge in [-0.15, -0.1) is 0 Å². The van der Waals surface area contributed by atoms with Gasteiger partial charge < -0.3 is 20.1 Å². The first kappa shape index (κ1) is 23.6. The van der Waals surface area contributed by atoms with Gasteiger partial charge in [-0.3, -0.25) is 14.8 Å². The fraction of sp³-hybridized carbons (Fsp3) is 0.304. The van der Waals surface area contributed by atoms with Crippen LogP contribution in [0.5, 0.6) is 5.75 Å². The van der Waals surface area contributed by atoms with Crippen molar-refractivity contribution in [3.05, 3.63) is 59.4 Å². The maximum atomic E-state index is 12.8. The van der Waals surface area contributed by atoms with Crippen molar-refractivity contribution in [2.75, 3.05) is 24.5 Å². The van der Waals surface area contributed by atoms with E-state index in [0.29, 0.717) is 43.4 Å². The summed E-state index contributed by atoms with van der Waals surface area (Å²) < 4.78 is 43.7. The summed E-state index contributed by atoms with van der Waals surface area (Å²) >= 11 is 0. The second-order valence-electron chi connectivity index (χ2n) is 8.51. The van der Waals surface area contributed by atoms with Gasteiger partial charge in [0, 0.05) is 55.6 Å². The second-order valence-corrected chi connectivity index (χ2v) is 8.51. The van der Waals surface area contributed by atoms with E-state index in [0.717, 1.165) is 29.0 Å². The van der Waals surface area contributed by atoms with Crippen LogP contribution in [0.3, 0.4) is 0 Å². The topological polar surface area (TPSA) is 124 Å². The van der Waals surface area contributed by atoms with Crippen molar-refractivity contribution in [2.24, 2.45) is 0 Å². The van der Waals surface area contributed by atoms with Crippen molar-refractivity contribution >= 4 is 17.9 Å². The average molecular weight is 502 g/mol. The summed E-state index contributed by atoms with van der Waals surface area (Å²) in [6.07, 6.45) is -2.61. The smallest absolute Gasteiger partial charge is 0.417 e. The van der Waals surface area contributed by atoms with Crippen LogP contribution in [-0.4, -0.2) is 62.9 Å². The first-order valence-electron chi connectivity index (χ1n) is 11.1. The number of alkyl halides is 3. The van der Waals surface area contributed by atoms with E-state index >= 15 is 0 Å². The van der Waals surface area contributed by atoms with Crippen LogP contribution in [0.15, 0.2) is 42.7 Å². The number of nitrogens with one attached hydrogen (secondary N) is 2. The summed E-state index contributed by atoms with van der Waals surface area (Å²) in [6.45, 7) is 1.43. The number of H-pyrrole nitrogens is 1. The first-order valence-corrected chi connectivity index (χ1v) is 11.1. The zero-order chi connectivity index (χ0) is 25.4. The molecule has 3 aromatic rings. The lowest BCUT2D eigenvalue weighted by molar-refractivity contribution is -0.143. The lowest BCUT2D eigenvalue weighted by Crippen LogP contribution is -2.56. The molecule has 1 atom stereocenters. The van der Waals surface area contributed by atoms with Crippen LogP contribution in [-0.2, 0) is 24.1 Å². The molecule has 0 saturated carbocycles. The molecule has 0 spiro atoms. The number of benzene rings is 1. The Bertz CT molecular complexity index is 1290. The molecule has 4 heterocycles. The Balaban J connectivity index is 1.32. The second kappa shape index (κ2) is 9.15. The molecule has 0 radical (unpaired) electrons. The third-order valence-corrected chi connectivity index (χ3v) is 6.24. The van der Waals surface area contributed by atoms with Crippen LogP contribution in [0.1, 0.15) is 16.7 Å². The Morgan fingerprint density at radius 1 is 1.19 bits per heavy atom. The molecule has 1 unspecified atom stereocenters. The number of carboxylic acid groups (broad SMARTS) is 1. The van der Waals surface area contributed by atoms with Gasteiger partial charge in [-0.2, -0.15) is 18.3 Å². The molecule has 1 amide bonds. The number of pyridine rings is 1. The molecule has 0 aliphatic carbocycles. The van der Waals surface area contributed by atoms with Crippen LogP contribution in [0.2, 0.25) is 0 Å². The molecule has 10 nitrogen and oxygen atoms in total. The number of nitrogens with zero attached hydrogens (tertiary/aromatic N) is 4. The number of hydrogen-bond donors (Lipinski definition) is 3. The van der Waals surface area contributed by atoms with Gasteiger partial charge in [-0.25, -0.2) is 9.78 Å². The predicted octanol–water partition coefficient (Wildman–Crippen LogP) is 2.87. The third kappa shape index (κ3) is 4.69. The van der Waals surface area contributed by atoms with Crippen LogP contribution in [0.4, 0.5) is 23.8 Å². The number of fused-ring (bicyclic) bond motifs is 1. The van der Waals surface area contributed by atoms with Crippen LogP contribution >= 0.6 is 0 Å². The normalized spacial score (nSPS) is 18.4. The number of aromatic nitrogens is 3. The van der Waals surface area contributed by atoms with E-state index in [1.807, 2.05) is 6.07 Å². The highest BCUT2D eigenvalue weighted by atomic mass is 19.4. The van der Waals surface area contributed by atoms with Crippen LogP contribution < -0.4 is 15.0 Å². The highest BCUT2D eigenvalue weighted by Crippen LogP contribution is 2.32. The number of aliphatic carboxylic acids is 1. The van der Waals surface area contributed by atoms with E-state index < -0.39 is 29.8 Å². The minimum absolute atomic E-state index is 0.0662. The summed E-state index contributed by atoms with van der Waals surface area (Å²) in [7, 11) is 0. The van der Waals surface area contributed by atoms with Gasteiger partial charge in [-0.05, 0) is 30.3 Å². The zero-order valence-electron chi connectivity index (χ0n) is 18.7. The van der Waals surface area contributed by atoms with Gasteiger partial charge in [0.25, 0.3) is 0 Å². The summed E-state index contributed by atoms with van der Waals surface area (Å²) in [5.74, 6) is -0.276. The highest BCUT2D eigenvalue weighted by molar-refractivity contribution is 5.76. The number of hydrogen-bond acceptors (Lipinski definition) is 7. The number of anilines is 1. The molecule has 3 N–H and O–H groups in total. The highest BCUT2D eigenvalue weighted by Gasteiger charge is 2.35. The van der Waals surface area contributed by atoms with E-state index in [1.165, 1.54) is 6.07 Å². The molecule has 1 saturated heterocycles. The van der Waals surface area contributed by atoms with E-state index in [9.17, 15) is 27.9 Å². The minimum Gasteiger partial charge on any atom is -0.480 e. The fourth-order valence-electron chi connectivity index (χ4n) is 4.37. The maximum Gasteiger partial charge on any atom is 0.417 e. The Labute approximate surface area is 202 Å². The van der Waals surface area contributed by atoms with E-state index in [-0.39, 0.29) is 6.54 Å². The predicted molar refractivity (Wildman–Crippen MR) is 120 cm³/mol. The molecule has 5 rings (SSSR count). The molecule has 13 heteroatoms. The van der Waals surface area contributed by atoms with Gasteiger partial charge >= 0.3 is 18.2 Å². The molecule has 2 aromatic heterocycles. The van der Waals surface area contributed by atoms with Crippen LogP contribution in [0, 0.1) is 0 Å². The van der Waals surface area contributed by atoms with Gasteiger partial charge in [0.05, 0.1) is 17.5 Å². The number of carbonyl (C=O) groups excluding carboxylic acids is 1. The van der Waals surface area contributed by atoms with Crippen molar-refractivity contribution in [3.8, 4) is 17.0 Å². The number of halogens is 3. The van der Waals surface area contributed by atoms with Crippen molar-refractivity contribution in [3.63, 3.8) is 0 Å². The average Bonchev–Trinajstić information content (AvgIpc) is 3.31. The maximum absolute atomic E-state index is 12.8. The van der Waals surface area contributed by atoms with Crippen molar-refractivity contribution < 1.29 is 32.6 Å². The molecule has 188 valence electrons. The lowest BCUT2D eigenvalue weighted by Gasteiger charge is -2.39. The van der Waals surface area contributed by atoms with Crippen molar-refractivity contribution in [1.82, 2.24) is 25.4 Å². The SMILES string of the molecule is O=C1NCc2cc(-c3[nH]ncc3CN3CCN(c4ccc(C(F)(F)F)cn4)CC3C(=O)O)ccc2O1. The molecule has 2 aliphatic rings.